The maximum absolute atomic E-state index is 12.3. The van der Waals surface area contributed by atoms with E-state index in [1.807, 2.05) is 0 Å². The van der Waals surface area contributed by atoms with E-state index in [9.17, 15) is 13.2 Å². The van der Waals surface area contributed by atoms with Crippen molar-refractivity contribution in [2.45, 2.75) is 25.3 Å². The molecule has 2 aromatic heterocycles. The molecule has 10 heteroatoms. The number of aromatic nitrogens is 2. The molecule has 0 unspecified atom stereocenters. The number of sulfonamides is 1. The van der Waals surface area contributed by atoms with Crippen LogP contribution in [0, 0.1) is 13.8 Å². The quantitative estimate of drug-likeness (QED) is 0.575. The van der Waals surface area contributed by atoms with E-state index in [0.717, 1.165) is 4.31 Å². The summed E-state index contributed by atoms with van der Waals surface area (Å²) in [6.07, 6.45) is 0. The summed E-state index contributed by atoms with van der Waals surface area (Å²) < 4.78 is 41.5. The van der Waals surface area contributed by atoms with Crippen LogP contribution in [-0.4, -0.2) is 43.0 Å². The minimum Gasteiger partial charge on any atom is -0.466 e. The summed E-state index contributed by atoms with van der Waals surface area (Å²) in [6, 6.07) is 7.38. The molecular formula is C18H19N3O6S. The van der Waals surface area contributed by atoms with Crippen LogP contribution in [0.15, 0.2) is 44.1 Å². The summed E-state index contributed by atoms with van der Waals surface area (Å²) >= 11 is 0. The number of carbonyl (C=O) groups excluding carboxylic acids is 1. The Balaban J connectivity index is 1.71. The van der Waals surface area contributed by atoms with Crippen LogP contribution in [0.1, 0.15) is 27.8 Å². The molecule has 3 aromatic rings. The molecule has 2 heterocycles. The van der Waals surface area contributed by atoms with Crippen LogP contribution in [0.4, 0.5) is 0 Å². The van der Waals surface area contributed by atoms with Gasteiger partial charge in [-0.05, 0) is 38.1 Å². The molecular weight excluding hydrogens is 386 g/mol. The Morgan fingerprint density at radius 1 is 1.14 bits per heavy atom. The molecule has 0 fully saturated rings. The second-order valence-corrected chi connectivity index (χ2v) is 8.37. The van der Waals surface area contributed by atoms with Crippen molar-refractivity contribution < 1.29 is 26.8 Å². The lowest BCUT2D eigenvalue weighted by Gasteiger charge is -2.11. The van der Waals surface area contributed by atoms with E-state index >= 15 is 0 Å². The number of hydrogen-bond acceptors (Lipinski definition) is 8. The van der Waals surface area contributed by atoms with Crippen molar-refractivity contribution in [1.29, 1.82) is 0 Å². The van der Waals surface area contributed by atoms with Gasteiger partial charge in [-0.25, -0.2) is 17.5 Å². The minimum absolute atomic E-state index is 0.00201. The summed E-state index contributed by atoms with van der Waals surface area (Å²) in [4.78, 5) is 12.3. The van der Waals surface area contributed by atoms with Crippen LogP contribution in [0.5, 0.6) is 0 Å². The number of benzene rings is 1. The highest BCUT2D eigenvalue weighted by Crippen LogP contribution is 2.25. The third-order valence-corrected chi connectivity index (χ3v) is 5.72. The number of esters is 1. The fourth-order valence-electron chi connectivity index (χ4n) is 2.47. The smallest absolute Gasteiger partial charge is 0.338 e. The van der Waals surface area contributed by atoms with E-state index in [0.29, 0.717) is 17.1 Å². The molecule has 0 bridgehead atoms. The second kappa shape index (κ2) is 7.56. The average Bonchev–Trinajstić information content (AvgIpc) is 3.25. The molecule has 148 valence electrons. The van der Waals surface area contributed by atoms with Gasteiger partial charge in [-0.15, -0.1) is 10.2 Å². The first-order valence-electron chi connectivity index (χ1n) is 8.28. The van der Waals surface area contributed by atoms with E-state index in [1.165, 1.54) is 38.4 Å². The standard InChI is InChI=1S/C18H19N3O6S/c1-11-8-15(12(2)26-11)17-20-19-16(27-17)10-25-18(22)13-6-5-7-14(9-13)28(23,24)21(3)4/h5-9H,10H2,1-4H3. The van der Waals surface area contributed by atoms with Gasteiger partial charge < -0.3 is 13.6 Å². The molecule has 0 amide bonds. The van der Waals surface area contributed by atoms with Crippen molar-refractivity contribution >= 4 is 16.0 Å². The molecule has 0 aliphatic heterocycles. The molecule has 9 nitrogen and oxygen atoms in total. The molecule has 0 aliphatic rings. The van der Waals surface area contributed by atoms with Crippen molar-refractivity contribution in [3.05, 3.63) is 53.3 Å². The third-order valence-electron chi connectivity index (χ3n) is 3.91. The van der Waals surface area contributed by atoms with E-state index in [2.05, 4.69) is 10.2 Å². The Bertz CT molecular complexity index is 1110. The lowest BCUT2D eigenvalue weighted by Crippen LogP contribution is -2.22. The van der Waals surface area contributed by atoms with Crippen LogP contribution < -0.4 is 0 Å². The van der Waals surface area contributed by atoms with Gasteiger partial charge in [0.15, 0.2) is 6.61 Å². The Morgan fingerprint density at radius 2 is 1.89 bits per heavy atom. The van der Waals surface area contributed by atoms with Crippen LogP contribution in [0.25, 0.3) is 11.5 Å². The largest absolute Gasteiger partial charge is 0.466 e. The van der Waals surface area contributed by atoms with Gasteiger partial charge in [-0.1, -0.05) is 6.07 Å². The Kier molecular flexibility index (Phi) is 5.34. The van der Waals surface area contributed by atoms with Gasteiger partial charge in [-0.3, -0.25) is 0 Å². The minimum atomic E-state index is -3.65. The molecule has 0 N–H and O–H groups in total. The number of nitrogens with zero attached hydrogens (tertiary/aromatic N) is 3. The number of furan rings is 1. The third kappa shape index (κ3) is 3.97. The van der Waals surface area contributed by atoms with E-state index in [4.69, 9.17) is 13.6 Å². The zero-order chi connectivity index (χ0) is 20.5. The number of aryl methyl sites for hydroxylation is 2. The zero-order valence-electron chi connectivity index (χ0n) is 15.8. The van der Waals surface area contributed by atoms with Gasteiger partial charge in [0.1, 0.15) is 11.5 Å². The molecule has 0 aliphatic carbocycles. The molecule has 0 spiro atoms. The first-order chi connectivity index (χ1) is 13.2. The van der Waals surface area contributed by atoms with Gasteiger partial charge in [0.05, 0.1) is 16.0 Å². The maximum atomic E-state index is 12.3. The number of hydrogen-bond donors (Lipinski definition) is 0. The molecule has 0 saturated carbocycles. The monoisotopic (exact) mass is 405 g/mol. The van der Waals surface area contributed by atoms with E-state index < -0.39 is 16.0 Å². The highest BCUT2D eigenvalue weighted by atomic mass is 32.2. The van der Waals surface area contributed by atoms with Crippen LogP contribution in [-0.2, 0) is 21.4 Å². The Labute approximate surface area is 162 Å². The SMILES string of the molecule is Cc1cc(-c2nnc(COC(=O)c3cccc(S(=O)(=O)N(C)C)c3)o2)c(C)o1. The van der Waals surface area contributed by atoms with Crippen LogP contribution in [0.3, 0.4) is 0 Å². The first kappa shape index (κ1) is 19.8. The zero-order valence-corrected chi connectivity index (χ0v) is 16.6. The molecule has 0 atom stereocenters. The number of ether oxygens (including phenoxy) is 1. The number of rotatable bonds is 6. The van der Waals surface area contributed by atoms with Gasteiger partial charge in [0.2, 0.25) is 10.0 Å². The van der Waals surface area contributed by atoms with Crippen molar-refractivity contribution in [1.82, 2.24) is 14.5 Å². The van der Waals surface area contributed by atoms with Gasteiger partial charge >= 0.3 is 5.97 Å². The van der Waals surface area contributed by atoms with E-state index in [1.54, 1.807) is 19.9 Å². The predicted molar refractivity (Wildman–Crippen MR) is 97.9 cm³/mol. The lowest BCUT2D eigenvalue weighted by molar-refractivity contribution is 0.0438. The van der Waals surface area contributed by atoms with Gasteiger partial charge in [0.25, 0.3) is 11.8 Å². The Morgan fingerprint density at radius 3 is 2.54 bits per heavy atom. The van der Waals surface area contributed by atoms with Crippen molar-refractivity contribution in [2.75, 3.05) is 14.1 Å². The normalized spacial score (nSPS) is 11.8. The number of carbonyl (C=O) groups is 1. The van der Waals surface area contributed by atoms with Crippen LogP contribution in [0.2, 0.25) is 0 Å². The second-order valence-electron chi connectivity index (χ2n) is 6.22. The Hall–Kier alpha value is -2.98. The summed E-state index contributed by atoms with van der Waals surface area (Å²) in [7, 11) is -0.827. The summed E-state index contributed by atoms with van der Waals surface area (Å²) in [5.41, 5.74) is 0.771. The van der Waals surface area contributed by atoms with Crippen molar-refractivity contribution in [3.63, 3.8) is 0 Å². The van der Waals surface area contributed by atoms with Crippen molar-refractivity contribution in [2.24, 2.45) is 0 Å². The molecule has 1 aromatic carbocycles. The summed E-state index contributed by atoms with van der Waals surface area (Å²) in [5.74, 6) is 1.03. The summed E-state index contributed by atoms with van der Waals surface area (Å²) in [5, 5.41) is 7.77. The highest BCUT2D eigenvalue weighted by Gasteiger charge is 2.20. The first-order valence-corrected chi connectivity index (χ1v) is 9.72. The fraction of sp³-hybridized carbons (Fsp3) is 0.278. The molecule has 0 radical (unpaired) electrons. The average molecular weight is 405 g/mol. The molecule has 0 saturated heterocycles. The summed E-state index contributed by atoms with van der Waals surface area (Å²) in [6.45, 7) is 3.34. The lowest BCUT2D eigenvalue weighted by atomic mass is 10.2. The van der Waals surface area contributed by atoms with Crippen LogP contribution >= 0.6 is 0 Å². The fourth-order valence-corrected chi connectivity index (χ4v) is 3.42. The van der Waals surface area contributed by atoms with Gasteiger partial charge in [0, 0.05) is 14.1 Å². The topological polar surface area (TPSA) is 116 Å². The molecule has 28 heavy (non-hydrogen) atoms. The predicted octanol–water partition coefficient (Wildman–Crippen LogP) is 2.55. The van der Waals surface area contributed by atoms with Gasteiger partial charge in [-0.2, -0.15) is 0 Å². The molecule has 3 rings (SSSR count). The maximum Gasteiger partial charge on any atom is 0.338 e. The van der Waals surface area contributed by atoms with E-state index in [-0.39, 0.29) is 28.8 Å². The highest BCUT2D eigenvalue weighted by molar-refractivity contribution is 7.89. The van der Waals surface area contributed by atoms with Crippen molar-refractivity contribution in [3.8, 4) is 11.5 Å².